The van der Waals surface area contributed by atoms with Crippen LogP contribution < -0.4 is 11.1 Å². The number of rotatable bonds is 5. The fourth-order valence-electron chi connectivity index (χ4n) is 2.66. The first kappa shape index (κ1) is 14.5. The van der Waals surface area contributed by atoms with Crippen molar-refractivity contribution in [3.63, 3.8) is 0 Å². The minimum absolute atomic E-state index is 0.0353. The average Bonchev–Trinajstić information content (AvgIpc) is 2.33. The van der Waals surface area contributed by atoms with Crippen LogP contribution in [0.25, 0.3) is 0 Å². The molecule has 0 heterocycles. The molecule has 3 heteroatoms. The third kappa shape index (κ3) is 4.30. The van der Waals surface area contributed by atoms with Gasteiger partial charge in [0.2, 0.25) is 5.91 Å². The van der Waals surface area contributed by atoms with Crippen LogP contribution in [0.5, 0.6) is 0 Å². The van der Waals surface area contributed by atoms with Crippen molar-refractivity contribution in [2.24, 2.45) is 23.5 Å². The van der Waals surface area contributed by atoms with E-state index in [0.717, 1.165) is 38.6 Å². The number of nitrogens with one attached hydrogen (secondary N) is 1. The van der Waals surface area contributed by atoms with Crippen LogP contribution in [-0.2, 0) is 4.79 Å². The van der Waals surface area contributed by atoms with Gasteiger partial charge in [0.25, 0.3) is 0 Å². The van der Waals surface area contributed by atoms with E-state index in [2.05, 4.69) is 26.1 Å². The second-order valence-electron chi connectivity index (χ2n) is 5.62. The van der Waals surface area contributed by atoms with Gasteiger partial charge < -0.3 is 11.1 Å². The van der Waals surface area contributed by atoms with E-state index >= 15 is 0 Å². The molecule has 0 aromatic rings. The standard InChI is InChI=1S/C14H28N2O/c1-4-11(5-2)9-16-14(17)12-8-10(3)6-7-13(12)15/h10-13H,4-9,15H2,1-3H3,(H,16,17). The lowest BCUT2D eigenvalue weighted by molar-refractivity contribution is -0.127. The maximum Gasteiger partial charge on any atom is 0.224 e. The molecule has 0 bridgehead atoms. The molecule has 0 aliphatic heterocycles. The van der Waals surface area contributed by atoms with E-state index in [1.807, 2.05) is 0 Å². The Hall–Kier alpha value is -0.570. The van der Waals surface area contributed by atoms with Crippen molar-refractivity contribution in [1.82, 2.24) is 5.32 Å². The van der Waals surface area contributed by atoms with Crippen molar-refractivity contribution < 1.29 is 4.79 Å². The van der Waals surface area contributed by atoms with Crippen LogP contribution in [0.3, 0.4) is 0 Å². The Kier molecular flexibility index (Phi) is 5.96. The SMILES string of the molecule is CCC(CC)CNC(=O)C1CC(C)CCC1N. The van der Waals surface area contributed by atoms with E-state index in [-0.39, 0.29) is 17.9 Å². The molecule has 17 heavy (non-hydrogen) atoms. The number of amides is 1. The molecule has 3 nitrogen and oxygen atoms in total. The molecule has 3 N–H and O–H groups in total. The number of hydrogen-bond acceptors (Lipinski definition) is 2. The normalized spacial score (nSPS) is 29.4. The fourth-order valence-corrected chi connectivity index (χ4v) is 2.66. The first-order valence-electron chi connectivity index (χ1n) is 7.11. The van der Waals surface area contributed by atoms with E-state index in [4.69, 9.17) is 5.73 Å². The molecule has 1 saturated carbocycles. The smallest absolute Gasteiger partial charge is 0.224 e. The van der Waals surface area contributed by atoms with Crippen molar-refractivity contribution in [2.45, 2.75) is 58.9 Å². The fraction of sp³-hybridized carbons (Fsp3) is 0.929. The Morgan fingerprint density at radius 1 is 1.35 bits per heavy atom. The van der Waals surface area contributed by atoms with Gasteiger partial charge in [0.1, 0.15) is 0 Å². The van der Waals surface area contributed by atoms with Gasteiger partial charge in [-0.3, -0.25) is 4.79 Å². The lowest BCUT2D eigenvalue weighted by atomic mass is 9.78. The molecule has 0 aromatic carbocycles. The predicted molar refractivity (Wildman–Crippen MR) is 71.6 cm³/mol. The summed E-state index contributed by atoms with van der Waals surface area (Å²) in [5.74, 6) is 1.46. The molecular weight excluding hydrogens is 212 g/mol. The zero-order chi connectivity index (χ0) is 12.8. The molecule has 0 aromatic heterocycles. The van der Waals surface area contributed by atoms with E-state index in [0.29, 0.717) is 11.8 Å². The second kappa shape index (κ2) is 7.00. The summed E-state index contributed by atoms with van der Waals surface area (Å²) >= 11 is 0. The van der Waals surface area contributed by atoms with Gasteiger partial charge in [0, 0.05) is 12.6 Å². The van der Waals surface area contributed by atoms with Crippen molar-refractivity contribution in [3.8, 4) is 0 Å². The van der Waals surface area contributed by atoms with Crippen LogP contribution in [0.2, 0.25) is 0 Å². The van der Waals surface area contributed by atoms with Gasteiger partial charge in [0.05, 0.1) is 5.92 Å². The van der Waals surface area contributed by atoms with Crippen molar-refractivity contribution in [1.29, 1.82) is 0 Å². The number of hydrogen-bond donors (Lipinski definition) is 2. The summed E-state index contributed by atoms with van der Waals surface area (Å²) in [5.41, 5.74) is 6.05. The van der Waals surface area contributed by atoms with Crippen LogP contribution in [0.15, 0.2) is 0 Å². The van der Waals surface area contributed by atoms with Gasteiger partial charge in [0.15, 0.2) is 0 Å². The minimum atomic E-state index is 0.0353. The van der Waals surface area contributed by atoms with Gasteiger partial charge in [-0.1, -0.05) is 33.6 Å². The van der Waals surface area contributed by atoms with Gasteiger partial charge in [-0.05, 0) is 31.1 Å². The van der Waals surface area contributed by atoms with Crippen LogP contribution in [0.4, 0.5) is 0 Å². The van der Waals surface area contributed by atoms with Gasteiger partial charge in [-0.25, -0.2) is 0 Å². The number of nitrogens with two attached hydrogens (primary N) is 1. The van der Waals surface area contributed by atoms with Crippen molar-refractivity contribution in [3.05, 3.63) is 0 Å². The predicted octanol–water partition coefficient (Wildman–Crippen LogP) is 2.30. The molecule has 1 aliphatic carbocycles. The van der Waals surface area contributed by atoms with Crippen LogP contribution >= 0.6 is 0 Å². The highest BCUT2D eigenvalue weighted by Crippen LogP contribution is 2.28. The summed E-state index contributed by atoms with van der Waals surface area (Å²) in [6.07, 6.45) is 5.37. The highest BCUT2D eigenvalue weighted by molar-refractivity contribution is 5.79. The lowest BCUT2D eigenvalue weighted by Gasteiger charge is -2.31. The van der Waals surface area contributed by atoms with Crippen LogP contribution in [0, 0.1) is 17.8 Å². The third-order valence-electron chi connectivity index (χ3n) is 4.22. The van der Waals surface area contributed by atoms with E-state index < -0.39 is 0 Å². The van der Waals surface area contributed by atoms with Crippen molar-refractivity contribution in [2.75, 3.05) is 6.54 Å². The van der Waals surface area contributed by atoms with Gasteiger partial charge in [-0.2, -0.15) is 0 Å². The summed E-state index contributed by atoms with van der Waals surface area (Å²) in [5, 5.41) is 3.09. The van der Waals surface area contributed by atoms with E-state index in [1.165, 1.54) is 0 Å². The Morgan fingerprint density at radius 3 is 2.59 bits per heavy atom. The molecule has 0 saturated heterocycles. The monoisotopic (exact) mass is 240 g/mol. The molecule has 1 rings (SSSR count). The van der Waals surface area contributed by atoms with Crippen molar-refractivity contribution >= 4 is 5.91 Å². The molecule has 0 spiro atoms. The van der Waals surface area contributed by atoms with Crippen LogP contribution in [-0.4, -0.2) is 18.5 Å². The molecule has 100 valence electrons. The second-order valence-corrected chi connectivity index (χ2v) is 5.62. The molecular formula is C14H28N2O. The lowest BCUT2D eigenvalue weighted by Crippen LogP contribution is -2.46. The summed E-state index contributed by atoms with van der Waals surface area (Å²) in [4.78, 5) is 12.1. The topological polar surface area (TPSA) is 55.1 Å². The first-order chi connectivity index (χ1) is 8.08. The summed E-state index contributed by atoms with van der Waals surface area (Å²) < 4.78 is 0. The number of carbonyl (C=O) groups excluding carboxylic acids is 1. The number of carbonyl (C=O) groups is 1. The Balaban J connectivity index is 2.40. The van der Waals surface area contributed by atoms with E-state index in [1.54, 1.807) is 0 Å². The highest BCUT2D eigenvalue weighted by atomic mass is 16.1. The molecule has 3 atom stereocenters. The molecule has 0 radical (unpaired) electrons. The maximum atomic E-state index is 12.1. The highest BCUT2D eigenvalue weighted by Gasteiger charge is 2.31. The average molecular weight is 240 g/mol. The Bertz CT molecular complexity index is 238. The molecule has 3 unspecified atom stereocenters. The summed E-state index contributed by atoms with van der Waals surface area (Å²) in [6.45, 7) is 7.37. The zero-order valence-corrected chi connectivity index (χ0v) is 11.5. The molecule has 1 amide bonds. The largest absolute Gasteiger partial charge is 0.356 e. The Morgan fingerprint density at radius 2 is 2.00 bits per heavy atom. The molecule has 1 fully saturated rings. The quantitative estimate of drug-likeness (QED) is 0.774. The van der Waals surface area contributed by atoms with Gasteiger partial charge >= 0.3 is 0 Å². The van der Waals surface area contributed by atoms with Gasteiger partial charge in [-0.15, -0.1) is 0 Å². The minimum Gasteiger partial charge on any atom is -0.356 e. The Labute approximate surface area is 106 Å². The summed E-state index contributed by atoms with van der Waals surface area (Å²) in [7, 11) is 0. The van der Waals surface area contributed by atoms with E-state index in [9.17, 15) is 4.79 Å². The maximum absolute atomic E-state index is 12.1. The molecule has 1 aliphatic rings. The first-order valence-corrected chi connectivity index (χ1v) is 7.11. The third-order valence-corrected chi connectivity index (χ3v) is 4.22. The van der Waals surface area contributed by atoms with Crippen LogP contribution in [0.1, 0.15) is 52.9 Å². The summed E-state index contributed by atoms with van der Waals surface area (Å²) in [6, 6.07) is 0.0629. The zero-order valence-electron chi connectivity index (χ0n) is 11.5.